The van der Waals surface area contributed by atoms with Gasteiger partial charge in [0, 0.05) is 19.0 Å². The molecule has 2 atom stereocenters. The molecule has 0 heterocycles. The maximum atomic E-state index is 13.0. The van der Waals surface area contributed by atoms with Crippen LogP contribution in [0.25, 0.3) is 0 Å². The molecule has 0 fully saturated rings. The minimum Gasteiger partial charge on any atom is -0.388 e. The summed E-state index contributed by atoms with van der Waals surface area (Å²) in [6.07, 6.45) is -3.08. The molecule has 0 radical (unpaired) electrons. The summed E-state index contributed by atoms with van der Waals surface area (Å²) in [5, 5.41) is 21.7. The Morgan fingerprint density at radius 1 is 1.37 bits per heavy atom. The summed E-state index contributed by atoms with van der Waals surface area (Å²) < 4.78 is 34.9. The van der Waals surface area contributed by atoms with Crippen molar-refractivity contribution in [3.05, 3.63) is 29.8 Å². The first kappa shape index (κ1) is 15.5. The fourth-order valence-electron chi connectivity index (χ4n) is 1.51. The predicted molar refractivity (Wildman–Crippen MR) is 64.4 cm³/mol. The van der Waals surface area contributed by atoms with E-state index < -0.39 is 33.2 Å². The fourth-order valence-corrected chi connectivity index (χ4v) is 2.23. The van der Waals surface area contributed by atoms with E-state index >= 15 is 0 Å². The first-order chi connectivity index (χ1) is 8.73. The van der Waals surface area contributed by atoms with E-state index in [1.807, 2.05) is 0 Å². The lowest BCUT2D eigenvalue weighted by molar-refractivity contribution is -0.119. The Morgan fingerprint density at radius 3 is 2.47 bits per heavy atom. The van der Waals surface area contributed by atoms with E-state index in [4.69, 9.17) is 0 Å². The molecule has 0 aliphatic carbocycles. The van der Waals surface area contributed by atoms with Crippen molar-refractivity contribution in [1.82, 2.24) is 5.32 Å². The van der Waals surface area contributed by atoms with Gasteiger partial charge in [0.15, 0.2) is 0 Å². The van der Waals surface area contributed by atoms with Crippen molar-refractivity contribution >= 4 is 16.1 Å². The van der Waals surface area contributed by atoms with E-state index in [0.29, 0.717) is 0 Å². The molecule has 0 spiro atoms. The molecule has 1 rings (SSSR count). The molecule has 3 N–H and O–H groups in total. The molecular formula is C11H14FNO5S. The van der Waals surface area contributed by atoms with Crippen molar-refractivity contribution in [1.29, 1.82) is 0 Å². The van der Waals surface area contributed by atoms with Gasteiger partial charge in [-0.15, -0.1) is 3.89 Å². The van der Waals surface area contributed by atoms with Crippen molar-refractivity contribution in [2.24, 2.45) is 0 Å². The number of carbonyl (C=O) groups is 1. The molecule has 6 nitrogen and oxygen atoms in total. The summed E-state index contributed by atoms with van der Waals surface area (Å²) in [7, 11) is -5.00. The first-order valence-electron chi connectivity index (χ1n) is 5.37. The Labute approximate surface area is 110 Å². The SMILES string of the molecule is CC(=O)NCC(O)C(O)c1ccccc1S(=O)(=O)F. The van der Waals surface area contributed by atoms with E-state index in [9.17, 15) is 27.3 Å². The molecule has 19 heavy (non-hydrogen) atoms. The number of hydrogen-bond donors (Lipinski definition) is 3. The number of rotatable bonds is 5. The van der Waals surface area contributed by atoms with Crippen LogP contribution in [0.2, 0.25) is 0 Å². The van der Waals surface area contributed by atoms with Crippen LogP contribution in [-0.4, -0.2) is 37.2 Å². The van der Waals surface area contributed by atoms with Gasteiger partial charge in [-0.2, -0.15) is 8.42 Å². The molecular weight excluding hydrogens is 277 g/mol. The van der Waals surface area contributed by atoms with Gasteiger partial charge in [0.1, 0.15) is 17.1 Å². The largest absolute Gasteiger partial charge is 0.388 e. The summed E-state index contributed by atoms with van der Waals surface area (Å²) >= 11 is 0. The highest BCUT2D eigenvalue weighted by atomic mass is 32.3. The zero-order chi connectivity index (χ0) is 14.6. The number of aliphatic hydroxyl groups excluding tert-OH is 2. The molecule has 0 saturated carbocycles. The highest BCUT2D eigenvalue weighted by molar-refractivity contribution is 7.86. The van der Waals surface area contributed by atoms with E-state index in [1.165, 1.54) is 25.1 Å². The van der Waals surface area contributed by atoms with Gasteiger partial charge in [0.25, 0.3) is 0 Å². The summed E-state index contributed by atoms with van der Waals surface area (Å²) in [4.78, 5) is 9.97. The molecule has 0 aliphatic rings. The maximum absolute atomic E-state index is 13.0. The van der Waals surface area contributed by atoms with Crippen LogP contribution in [0, 0.1) is 0 Å². The molecule has 0 saturated heterocycles. The molecule has 1 aromatic carbocycles. The zero-order valence-corrected chi connectivity index (χ0v) is 10.9. The Hall–Kier alpha value is -1.51. The van der Waals surface area contributed by atoms with Crippen molar-refractivity contribution in [3.8, 4) is 0 Å². The lowest BCUT2D eigenvalue weighted by Gasteiger charge is -2.19. The molecule has 0 aromatic heterocycles. The maximum Gasteiger partial charge on any atom is 0.332 e. The Bertz CT molecular complexity index is 560. The number of aliphatic hydroxyl groups is 2. The summed E-state index contributed by atoms with van der Waals surface area (Å²) in [5.41, 5.74) is -0.261. The molecule has 106 valence electrons. The van der Waals surface area contributed by atoms with E-state index in [2.05, 4.69) is 5.32 Å². The van der Waals surface area contributed by atoms with Crippen LogP contribution in [-0.2, 0) is 15.0 Å². The lowest BCUT2D eigenvalue weighted by Crippen LogP contribution is -2.34. The minimum atomic E-state index is -5.00. The van der Waals surface area contributed by atoms with E-state index in [0.717, 1.165) is 6.07 Å². The van der Waals surface area contributed by atoms with Crippen molar-refractivity contribution < 1.29 is 27.3 Å². The monoisotopic (exact) mass is 291 g/mol. The molecule has 1 aromatic rings. The third kappa shape index (κ3) is 4.27. The Kier molecular flexibility index (Phi) is 4.98. The summed E-state index contributed by atoms with van der Waals surface area (Å²) in [6, 6.07) is 4.87. The molecule has 0 aliphatic heterocycles. The molecule has 1 amide bonds. The van der Waals surface area contributed by atoms with Gasteiger partial charge in [0.05, 0.1) is 0 Å². The van der Waals surface area contributed by atoms with Gasteiger partial charge in [-0.05, 0) is 6.07 Å². The highest BCUT2D eigenvalue weighted by Gasteiger charge is 2.26. The average Bonchev–Trinajstić information content (AvgIpc) is 2.34. The van der Waals surface area contributed by atoms with Gasteiger partial charge in [0.2, 0.25) is 5.91 Å². The fraction of sp³-hybridized carbons (Fsp3) is 0.364. The molecule has 2 unspecified atom stereocenters. The van der Waals surface area contributed by atoms with Crippen molar-refractivity contribution in [2.45, 2.75) is 24.0 Å². The van der Waals surface area contributed by atoms with Gasteiger partial charge >= 0.3 is 10.2 Å². The van der Waals surface area contributed by atoms with Crippen LogP contribution in [0.15, 0.2) is 29.2 Å². The summed E-state index contributed by atoms with van der Waals surface area (Å²) in [5.74, 6) is -0.419. The second kappa shape index (κ2) is 6.09. The quantitative estimate of drug-likeness (QED) is 0.656. The second-order valence-electron chi connectivity index (χ2n) is 3.92. The van der Waals surface area contributed by atoms with Gasteiger partial charge in [-0.25, -0.2) is 0 Å². The third-order valence-corrected chi connectivity index (χ3v) is 3.32. The number of nitrogens with one attached hydrogen (secondary N) is 1. The minimum absolute atomic E-state index is 0.261. The van der Waals surface area contributed by atoms with Crippen LogP contribution < -0.4 is 5.32 Å². The van der Waals surface area contributed by atoms with Crippen molar-refractivity contribution in [3.63, 3.8) is 0 Å². The van der Waals surface area contributed by atoms with Crippen LogP contribution >= 0.6 is 0 Å². The van der Waals surface area contributed by atoms with Gasteiger partial charge < -0.3 is 15.5 Å². The lowest BCUT2D eigenvalue weighted by atomic mass is 10.0. The van der Waals surface area contributed by atoms with E-state index in [1.54, 1.807) is 0 Å². The number of halogens is 1. The van der Waals surface area contributed by atoms with E-state index in [-0.39, 0.29) is 12.1 Å². The summed E-state index contributed by atoms with van der Waals surface area (Å²) in [6.45, 7) is 0.941. The zero-order valence-electron chi connectivity index (χ0n) is 10.1. The number of hydrogen-bond acceptors (Lipinski definition) is 5. The smallest absolute Gasteiger partial charge is 0.332 e. The molecule has 8 heteroatoms. The average molecular weight is 291 g/mol. The Morgan fingerprint density at radius 2 is 1.95 bits per heavy atom. The standard InChI is InChI=1S/C11H14FNO5S/c1-7(14)13-6-9(15)11(16)8-4-2-3-5-10(8)19(12,17)18/h2-5,9,11,15-16H,6H2,1H3,(H,13,14). The first-order valence-corrected chi connectivity index (χ1v) is 6.76. The number of benzene rings is 1. The third-order valence-electron chi connectivity index (χ3n) is 2.42. The van der Waals surface area contributed by atoms with Crippen LogP contribution in [0.4, 0.5) is 3.89 Å². The molecule has 0 bridgehead atoms. The normalized spacial score (nSPS) is 14.7. The van der Waals surface area contributed by atoms with Gasteiger partial charge in [-0.1, -0.05) is 18.2 Å². The number of carbonyl (C=O) groups excluding carboxylic acids is 1. The topological polar surface area (TPSA) is 104 Å². The highest BCUT2D eigenvalue weighted by Crippen LogP contribution is 2.25. The van der Waals surface area contributed by atoms with Crippen LogP contribution in [0.3, 0.4) is 0 Å². The second-order valence-corrected chi connectivity index (χ2v) is 5.24. The number of amides is 1. The van der Waals surface area contributed by atoms with Crippen LogP contribution in [0.1, 0.15) is 18.6 Å². The Balaban J connectivity index is 3.00. The predicted octanol–water partition coefficient (Wildman–Crippen LogP) is -0.125. The van der Waals surface area contributed by atoms with Crippen LogP contribution in [0.5, 0.6) is 0 Å². The van der Waals surface area contributed by atoms with Gasteiger partial charge in [-0.3, -0.25) is 4.79 Å². The van der Waals surface area contributed by atoms with Crippen molar-refractivity contribution in [2.75, 3.05) is 6.54 Å².